The molecule has 1 heterocycles. The minimum Gasteiger partial charge on any atom is -0.452 e. The molecule has 0 saturated carbocycles. The summed E-state index contributed by atoms with van der Waals surface area (Å²) < 4.78 is 19.5. The zero-order valence-corrected chi connectivity index (χ0v) is 16.1. The van der Waals surface area contributed by atoms with E-state index in [-0.39, 0.29) is 12.1 Å². The molecular formula is C21H19FN4O4. The van der Waals surface area contributed by atoms with Crippen molar-refractivity contribution >= 4 is 23.5 Å². The molecule has 0 radical (unpaired) electrons. The number of aromatic nitrogens is 2. The smallest absolute Gasteiger partial charge is 0.338 e. The van der Waals surface area contributed by atoms with Crippen LogP contribution in [0, 0.1) is 12.7 Å². The summed E-state index contributed by atoms with van der Waals surface area (Å²) in [6.45, 7) is 1.07. The Morgan fingerprint density at radius 2 is 1.70 bits per heavy atom. The van der Waals surface area contributed by atoms with Gasteiger partial charge in [0.25, 0.3) is 5.91 Å². The number of nitrogens with zero attached hydrogens (tertiary/aromatic N) is 2. The van der Waals surface area contributed by atoms with Crippen molar-refractivity contribution in [2.24, 2.45) is 0 Å². The standard InChI is InChI=1S/C21H19FN4O4/c1-14-10-11-24-26(14)18-8-2-15(3-9-18)21(29)30-13-20(28)23-12-19(27)25-17-6-4-16(22)5-7-17/h2-11H,12-13H2,1H3,(H,23,28)(H,25,27). The van der Waals surface area contributed by atoms with Gasteiger partial charge < -0.3 is 15.4 Å². The van der Waals surface area contributed by atoms with E-state index < -0.39 is 30.2 Å². The number of nitrogens with one attached hydrogen (secondary N) is 2. The number of aryl methyl sites for hydroxylation is 1. The highest BCUT2D eigenvalue weighted by Crippen LogP contribution is 2.12. The lowest BCUT2D eigenvalue weighted by Gasteiger charge is -2.08. The lowest BCUT2D eigenvalue weighted by Crippen LogP contribution is -2.35. The van der Waals surface area contributed by atoms with Gasteiger partial charge in [-0.2, -0.15) is 5.10 Å². The van der Waals surface area contributed by atoms with E-state index in [1.165, 1.54) is 24.3 Å². The second-order valence-electron chi connectivity index (χ2n) is 6.34. The van der Waals surface area contributed by atoms with Gasteiger partial charge in [-0.15, -0.1) is 0 Å². The van der Waals surface area contributed by atoms with Crippen LogP contribution in [-0.2, 0) is 14.3 Å². The Balaban J connectivity index is 1.43. The molecule has 0 spiro atoms. The van der Waals surface area contributed by atoms with E-state index in [4.69, 9.17) is 4.74 Å². The second-order valence-corrected chi connectivity index (χ2v) is 6.34. The molecule has 0 saturated heterocycles. The maximum Gasteiger partial charge on any atom is 0.338 e. The third kappa shape index (κ3) is 5.51. The Kier molecular flexibility index (Phi) is 6.53. The highest BCUT2D eigenvalue weighted by molar-refractivity contribution is 5.95. The molecule has 2 aromatic carbocycles. The first kappa shape index (κ1) is 20.7. The summed E-state index contributed by atoms with van der Waals surface area (Å²) in [7, 11) is 0. The first-order chi connectivity index (χ1) is 14.4. The van der Waals surface area contributed by atoms with Crippen molar-refractivity contribution in [3.63, 3.8) is 0 Å². The van der Waals surface area contributed by atoms with Gasteiger partial charge in [0.2, 0.25) is 5.91 Å². The van der Waals surface area contributed by atoms with Gasteiger partial charge in [0.15, 0.2) is 6.61 Å². The minimum atomic E-state index is -0.662. The molecule has 0 unspecified atom stereocenters. The van der Waals surface area contributed by atoms with Crippen molar-refractivity contribution in [3.8, 4) is 5.69 Å². The van der Waals surface area contributed by atoms with Crippen LogP contribution in [0.2, 0.25) is 0 Å². The molecule has 30 heavy (non-hydrogen) atoms. The summed E-state index contributed by atoms with van der Waals surface area (Å²) in [5, 5.41) is 9.02. The molecule has 0 aliphatic rings. The number of anilines is 1. The fourth-order valence-electron chi connectivity index (χ4n) is 2.56. The molecule has 3 aromatic rings. The van der Waals surface area contributed by atoms with Gasteiger partial charge in [-0.3, -0.25) is 9.59 Å². The van der Waals surface area contributed by atoms with Crippen LogP contribution >= 0.6 is 0 Å². The lowest BCUT2D eigenvalue weighted by molar-refractivity contribution is -0.126. The van der Waals surface area contributed by atoms with E-state index in [1.807, 2.05) is 13.0 Å². The van der Waals surface area contributed by atoms with Crippen LogP contribution in [0.1, 0.15) is 16.1 Å². The third-order valence-corrected chi connectivity index (χ3v) is 4.09. The maximum absolute atomic E-state index is 12.8. The quantitative estimate of drug-likeness (QED) is 0.582. The van der Waals surface area contributed by atoms with E-state index in [0.717, 1.165) is 11.4 Å². The molecule has 0 aliphatic heterocycles. The van der Waals surface area contributed by atoms with Gasteiger partial charge in [-0.25, -0.2) is 13.9 Å². The largest absolute Gasteiger partial charge is 0.452 e. The van der Waals surface area contributed by atoms with Crippen molar-refractivity contribution in [3.05, 3.63) is 77.9 Å². The van der Waals surface area contributed by atoms with Crippen LogP contribution in [0.15, 0.2) is 60.8 Å². The number of rotatable bonds is 7. The Morgan fingerprint density at radius 1 is 1.00 bits per heavy atom. The van der Waals surface area contributed by atoms with Crippen LogP contribution in [0.5, 0.6) is 0 Å². The first-order valence-corrected chi connectivity index (χ1v) is 9.02. The summed E-state index contributed by atoms with van der Waals surface area (Å²) in [6.07, 6.45) is 1.68. The van der Waals surface area contributed by atoms with Gasteiger partial charge >= 0.3 is 5.97 Å². The molecule has 0 bridgehead atoms. The molecule has 1 aromatic heterocycles. The molecule has 154 valence electrons. The van der Waals surface area contributed by atoms with Crippen molar-refractivity contribution in [2.45, 2.75) is 6.92 Å². The minimum absolute atomic E-state index is 0.283. The average Bonchev–Trinajstić information content (AvgIpc) is 3.18. The van der Waals surface area contributed by atoms with E-state index in [9.17, 15) is 18.8 Å². The maximum atomic E-state index is 12.8. The van der Waals surface area contributed by atoms with Gasteiger partial charge in [0, 0.05) is 17.6 Å². The van der Waals surface area contributed by atoms with Crippen LogP contribution in [0.3, 0.4) is 0 Å². The summed E-state index contributed by atoms with van der Waals surface area (Å²) in [6, 6.07) is 13.7. The van der Waals surface area contributed by atoms with Crippen LogP contribution in [0.25, 0.3) is 5.69 Å². The molecular weight excluding hydrogens is 391 g/mol. The summed E-state index contributed by atoms with van der Waals surface area (Å²) in [4.78, 5) is 35.7. The number of esters is 1. The van der Waals surface area contributed by atoms with Crippen molar-refractivity contribution in [1.82, 2.24) is 15.1 Å². The van der Waals surface area contributed by atoms with Crippen LogP contribution in [0.4, 0.5) is 10.1 Å². The Labute approximate surface area is 171 Å². The zero-order chi connectivity index (χ0) is 21.5. The number of hydrogen-bond donors (Lipinski definition) is 2. The molecule has 9 heteroatoms. The van der Waals surface area contributed by atoms with Crippen molar-refractivity contribution in [1.29, 1.82) is 0 Å². The van der Waals surface area contributed by atoms with Crippen molar-refractivity contribution < 1.29 is 23.5 Å². The van der Waals surface area contributed by atoms with Gasteiger partial charge in [0.1, 0.15) is 5.82 Å². The summed E-state index contributed by atoms with van der Waals surface area (Å²) in [5.74, 6) is -2.20. The van der Waals surface area contributed by atoms with E-state index in [2.05, 4.69) is 15.7 Å². The lowest BCUT2D eigenvalue weighted by atomic mass is 10.2. The fourth-order valence-corrected chi connectivity index (χ4v) is 2.56. The second kappa shape index (κ2) is 9.46. The Bertz CT molecular complexity index is 1050. The van der Waals surface area contributed by atoms with Crippen molar-refractivity contribution in [2.75, 3.05) is 18.5 Å². The molecule has 2 amide bonds. The SMILES string of the molecule is Cc1ccnn1-c1ccc(C(=O)OCC(=O)NCC(=O)Nc2ccc(F)cc2)cc1. The molecule has 0 aliphatic carbocycles. The monoisotopic (exact) mass is 410 g/mol. The normalized spacial score (nSPS) is 10.3. The average molecular weight is 410 g/mol. The topological polar surface area (TPSA) is 102 Å². The fraction of sp³-hybridized carbons (Fsp3) is 0.143. The number of amides is 2. The number of carbonyl (C=O) groups is 3. The van der Waals surface area contributed by atoms with Gasteiger partial charge in [0.05, 0.1) is 17.8 Å². The molecule has 3 rings (SSSR count). The first-order valence-electron chi connectivity index (χ1n) is 9.02. The Hall–Kier alpha value is -4.01. The van der Waals surface area contributed by atoms with Crippen LogP contribution < -0.4 is 10.6 Å². The number of benzene rings is 2. The number of hydrogen-bond acceptors (Lipinski definition) is 5. The Morgan fingerprint density at radius 3 is 2.33 bits per heavy atom. The zero-order valence-electron chi connectivity index (χ0n) is 16.1. The third-order valence-electron chi connectivity index (χ3n) is 4.09. The van der Waals surface area contributed by atoms with Gasteiger partial charge in [-0.05, 0) is 61.5 Å². The molecule has 2 N–H and O–H groups in total. The summed E-state index contributed by atoms with van der Waals surface area (Å²) >= 11 is 0. The molecule has 8 nitrogen and oxygen atoms in total. The number of ether oxygens (including phenoxy) is 1. The molecule has 0 atom stereocenters. The van der Waals surface area contributed by atoms with E-state index >= 15 is 0 Å². The molecule has 0 fully saturated rings. The summed E-state index contributed by atoms with van der Waals surface area (Å²) in [5.41, 5.74) is 2.42. The number of halogens is 1. The van der Waals surface area contributed by atoms with Crippen LogP contribution in [-0.4, -0.2) is 40.7 Å². The highest BCUT2D eigenvalue weighted by Gasteiger charge is 2.12. The van der Waals surface area contributed by atoms with E-state index in [0.29, 0.717) is 5.69 Å². The predicted molar refractivity (Wildman–Crippen MR) is 107 cm³/mol. The number of carbonyl (C=O) groups excluding carboxylic acids is 3. The highest BCUT2D eigenvalue weighted by atomic mass is 19.1. The predicted octanol–water partition coefficient (Wildman–Crippen LogP) is 2.23. The van der Waals surface area contributed by atoms with E-state index in [1.54, 1.807) is 35.1 Å². The van der Waals surface area contributed by atoms with Gasteiger partial charge in [-0.1, -0.05) is 0 Å².